The molecule has 0 saturated carbocycles. The van der Waals surface area contributed by atoms with Crippen LogP contribution in [0.5, 0.6) is 0 Å². The third-order valence-electron chi connectivity index (χ3n) is 2.58. The first-order valence-corrected chi connectivity index (χ1v) is 5.65. The molecule has 0 fully saturated rings. The average molecular weight is 237 g/mol. The highest BCUT2D eigenvalue weighted by Crippen LogP contribution is 2.32. The Balaban J connectivity index is 2.51. The molecule has 0 N–H and O–H groups in total. The Morgan fingerprint density at radius 2 is 2.25 bits per heavy atom. The Morgan fingerprint density at radius 1 is 1.50 bits per heavy atom. The Hall–Kier alpha value is -1.35. The van der Waals surface area contributed by atoms with Crippen LogP contribution in [0.15, 0.2) is 23.3 Å². The van der Waals surface area contributed by atoms with Crippen LogP contribution in [0.25, 0.3) is 0 Å². The zero-order valence-corrected chi connectivity index (χ0v) is 10.1. The van der Waals surface area contributed by atoms with Gasteiger partial charge in [-0.3, -0.25) is 4.79 Å². The molecule has 1 aromatic rings. The van der Waals surface area contributed by atoms with Gasteiger partial charge >= 0.3 is 0 Å². The molecule has 0 spiro atoms. The van der Waals surface area contributed by atoms with E-state index in [9.17, 15) is 4.79 Å². The Bertz CT molecular complexity index is 468. The molecule has 0 aliphatic carbocycles. The molecule has 4 heteroatoms. The van der Waals surface area contributed by atoms with Crippen LogP contribution >= 0.6 is 11.6 Å². The van der Waals surface area contributed by atoms with Crippen molar-refractivity contribution in [1.29, 1.82) is 0 Å². The SMILES string of the molecule is CCc1cccc(Cl)c1N1N=C(C)CC1=O. The number of rotatable bonds is 2. The van der Waals surface area contributed by atoms with Crippen molar-refractivity contribution in [1.82, 2.24) is 0 Å². The third-order valence-corrected chi connectivity index (χ3v) is 2.88. The quantitative estimate of drug-likeness (QED) is 0.777. The smallest absolute Gasteiger partial charge is 0.253 e. The van der Waals surface area contributed by atoms with E-state index in [2.05, 4.69) is 5.10 Å². The van der Waals surface area contributed by atoms with Crippen molar-refractivity contribution in [2.45, 2.75) is 26.7 Å². The summed E-state index contributed by atoms with van der Waals surface area (Å²) in [6.07, 6.45) is 1.21. The molecule has 0 unspecified atom stereocenters. The summed E-state index contributed by atoms with van der Waals surface area (Å²) >= 11 is 6.14. The Kier molecular flexibility index (Phi) is 2.97. The van der Waals surface area contributed by atoms with Gasteiger partial charge in [0.2, 0.25) is 0 Å². The van der Waals surface area contributed by atoms with Crippen molar-refractivity contribution >= 4 is 28.9 Å². The summed E-state index contributed by atoms with van der Waals surface area (Å²) in [7, 11) is 0. The average Bonchev–Trinajstić information content (AvgIpc) is 2.57. The van der Waals surface area contributed by atoms with E-state index >= 15 is 0 Å². The molecule has 0 saturated heterocycles. The van der Waals surface area contributed by atoms with E-state index in [1.54, 1.807) is 6.07 Å². The van der Waals surface area contributed by atoms with Gasteiger partial charge in [-0.05, 0) is 25.0 Å². The first kappa shape index (κ1) is 11.1. The Labute approximate surface area is 99.7 Å². The fraction of sp³-hybridized carbons (Fsp3) is 0.333. The van der Waals surface area contributed by atoms with Crippen LogP contribution in [0.1, 0.15) is 25.8 Å². The van der Waals surface area contributed by atoms with Crippen LogP contribution in [0.2, 0.25) is 5.02 Å². The maximum Gasteiger partial charge on any atom is 0.253 e. The summed E-state index contributed by atoms with van der Waals surface area (Å²) in [6.45, 7) is 3.88. The molecule has 2 rings (SSSR count). The van der Waals surface area contributed by atoms with Gasteiger partial charge in [0.15, 0.2) is 0 Å². The molecule has 3 nitrogen and oxygen atoms in total. The summed E-state index contributed by atoms with van der Waals surface area (Å²) in [6, 6.07) is 5.64. The molecular weight excluding hydrogens is 224 g/mol. The van der Waals surface area contributed by atoms with Gasteiger partial charge < -0.3 is 0 Å². The van der Waals surface area contributed by atoms with Crippen molar-refractivity contribution in [2.75, 3.05) is 5.01 Å². The minimum Gasteiger partial charge on any atom is -0.272 e. The van der Waals surface area contributed by atoms with Crippen molar-refractivity contribution in [3.05, 3.63) is 28.8 Å². The lowest BCUT2D eigenvalue weighted by molar-refractivity contribution is -0.116. The summed E-state index contributed by atoms with van der Waals surface area (Å²) in [4.78, 5) is 11.8. The van der Waals surface area contributed by atoms with E-state index in [1.165, 1.54) is 5.01 Å². The number of halogens is 1. The van der Waals surface area contributed by atoms with Crippen molar-refractivity contribution in [3.63, 3.8) is 0 Å². The first-order chi connectivity index (χ1) is 7.63. The molecule has 1 amide bonds. The molecule has 16 heavy (non-hydrogen) atoms. The van der Waals surface area contributed by atoms with E-state index < -0.39 is 0 Å². The number of carbonyl (C=O) groups is 1. The van der Waals surface area contributed by atoms with Gasteiger partial charge in [0.1, 0.15) is 0 Å². The maximum atomic E-state index is 11.8. The third kappa shape index (κ3) is 1.83. The van der Waals surface area contributed by atoms with E-state index in [0.717, 1.165) is 23.4 Å². The number of hydrogen-bond donors (Lipinski definition) is 0. The standard InChI is InChI=1S/C12H13ClN2O/c1-3-9-5-4-6-10(13)12(9)15-11(16)7-8(2)14-15/h4-6H,3,7H2,1-2H3. The van der Waals surface area contributed by atoms with Crippen molar-refractivity contribution < 1.29 is 4.79 Å². The van der Waals surface area contributed by atoms with E-state index in [0.29, 0.717) is 11.4 Å². The largest absolute Gasteiger partial charge is 0.272 e. The second-order valence-corrected chi connectivity index (χ2v) is 4.23. The molecule has 1 heterocycles. The number of benzene rings is 1. The number of hydrogen-bond acceptors (Lipinski definition) is 2. The van der Waals surface area contributed by atoms with Crippen LogP contribution in [0, 0.1) is 0 Å². The first-order valence-electron chi connectivity index (χ1n) is 5.28. The second-order valence-electron chi connectivity index (χ2n) is 3.82. The van der Waals surface area contributed by atoms with Crippen LogP contribution in [-0.2, 0) is 11.2 Å². The van der Waals surface area contributed by atoms with Crippen molar-refractivity contribution in [3.8, 4) is 0 Å². The second kappa shape index (κ2) is 4.26. The van der Waals surface area contributed by atoms with Gasteiger partial charge in [-0.25, -0.2) is 0 Å². The number of para-hydroxylation sites is 1. The highest BCUT2D eigenvalue weighted by molar-refractivity contribution is 6.34. The van der Waals surface area contributed by atoms with Gasteiger partial charge in [-0.1, -0.05) is 30.7 Å². The maximum absolute atomic E-state index is 11.8. The summed E-state index contributed by atoms with van der Waals surface area (Å²) in [5.41, 5.74) is 2.60. The fourth-order valence-electron chi connectivity index (χ4n) is 1.81. The number of hydrazone groups is 1. The number of anilines is 1. The fourth-order valence-corrected chi connectivity index (χ4v) is 2.09. The lowest BCUT2D eigenvalue weighted by Gasteiger charge is -2.17. The molecule has 0 aromatic heterocycles. The Morgan fingerprint density at radius 3 is 2.81 bits per heavy atom. The minimum atomic E-state index is -0.0136. The number of nitrogens with zero attached hydrogens (tertiary/aromatic N) is 2. The monoisotopic (exact) mass is 236 g/mol. The van der Waals surface area contributed by atoms with Gasteiger partial charge in [0.25, 0.3) is 5.91 Å². The topological polar surface area (TPSA) is 32.7 Å². The van der Waals surface area contributed by atoms with Gasteiger partial charge in [-0.2, -0.15) is 10.1 Å². The molecule has 84 valence electrons. The minimum absolute atomic E-state index is 0.0136. The van der Waals surface area contributed by atoms with Crippen LogP contribution < -0.4 is 5.01 Å². The number of aryl methyl sites for hydroxylation is 1. The molecule has 1 aliphatic heterocycles. The summed E-state index contributed by atoms with van der Waals surface area (Å²) in [5, 5.41) is 6.23. The van der Waals surface area contributed by atoms with E-state index in [1.807, 2.05) is 26.0 Å². The van der Waals surface area contributed by atoms with Crippen LogP contribution in [0.3, 0.4) is 0 Å². The van der Waals surface area contributed by atoms with Gasteiger partial charge in [0.05, 0.1) is 17.1 Å². The molecule has 0 atom stereocenters. The number of carbonyl (C=O) groups excluding carboxylic acids is 1. The van der Waals surface area contributed by atoms with Crippen LogP contribution in [-0.4, -0.2) is 11.6 Å². The van der Waals surface area contributed by atoms with E-state index in [4.69, 9.17) is 11.6 Å². The van der Waals surface area contributed by atoms with Crippen molar-refractivity contribution in [2.24, 2.45) is 5.10 Å². The lowest BCUT2D eigenvalue weighted by atomic mass is 10.1. The van der Waals surface area contributed by atoms with Crippen LogP contribution in [0.4, 0.5) is 5.69 Å². The normalized spacial score (nSPS) is 15.6. The lowest BCUT2D eigenvalue weighted by Crippen LogP contribution is -2.21. The molecule has 1 aromatic carbocycles. The predicted octanol–water partition coefficient (Wildman–Crippen LogP) is 3.02. The predicted molar refractivity (Wildman–Crippen MR) is 66.0 cm³/mol. The summed E-state index contributed by atoms with van der Waals surface area (Å²) in [5.74, 6) is -0.0136. The molecular formula is C12H13ClN2O. The zero-order valence-electron chi connectivity index (χ0n) is 9.33. The van der Waals surface area contributed by atoms with E-state index in [-0.39, 0.29) is 5.91 Å². The van der Waals surface area contributed by atoms with Gasteiger partial charge in [-0.15, -0.1) is 0 Å². The van der Waals surface area contributed by atoms with Gasteiger partial charge in [0, 0.05) is 5.71 Å². The molecule has 0 radical (unpaired) electrons. The molecule has 1 aliphatic rings. The zero-order chi connectivity index (χ0) is 11.7. The summed E-state index contributed by atoms with van der Waals surface area (Å²) < 4.78 is 0. The number of amides is 1. The highest BCUT2D eigenvalue weighted by Gasteiger charge is 2.26. The highest BCUT2D eigenvalue weighted by atomic mass is 35.5. The molecule has 0 bridgehead atoms.